The van der Waals surface area contributed by atoms with Gasteiger partial charge in [0.2, 0.25) is 17.7 Å². The average Bonchev–Trinajstić information content (AvgIpc) is 3.63. The smallest absolute Gasteiger partial charge is 0.270 e. The number of hydrogen-bond donors (Lipinski definition) is 4. The minimum atomic E-state index is -0.670. The molecule has 4 aliphatic rings. The number of nitrogens with zero attached hydrogens (tertiary/aromatic N) is 6. The zero-order valence-corrected chi connectivity index (χ0v) is 40.3. The Balaban J connectivity index is 0.697. The molecule has 0 spiro atoms. The van der Waals surface area contributed by atoms with E-state index in [0.717, 1.165) is 122 Å². The maximum absolute atomic E-state index is 13.1. The molecule has 5 N–H and O–H groups in total. The predicted molar refractivity (Wildman–Crippen MR) is 264 cm³/mol. The lowest BCUT2D eigenvalue weighted by Crippen LogP contribution is -2.52. The van der Waals surface area contributed by atoms with Crippen LogP contribution in [-0.2, 0) is 27.5 Å². The summed E-state index contributed by atoms with van der Waals surface area (Å²) in [6.45, 7) is 11.8. The first-order chi connectivity index (χ1) is 32.7. The van der Waals surface area contributed by atoms with Crippen LogP contribution in [-0.4, -0.2) is 98.6 Å². The van der Waals surface area contributed by atoms with Gasteiger partial charge in [0.15, 0.2) is 0 Å². The third-order valence-electron chi connectivity index (χ3n) is 13.6. The molecule has 15 nitrogen and oxygen atoms in total. The number of carbonyl (C=O) groups excluding carboxylic acids is 5. The molecule has 0 bridgehead atoms. The van der Waals surface area contributed by atoms with E-state index in [9.17, 15) is 24.0 Å². The number of fused-ring (bicyclic) bond motifs is 1. The molecule has 2 aromatic heterocycles. The molecule has 0 aliphatic carbocycles. The van der Waals surface area contributed by atoms with Gasteiger partial charge in [0.1, 0.15) is 22.6 Å². The summed E-state index contributed by atoms with van der Waals surface area (Å²) in [6, 6.07) is 16.4. The number of pyridine rings is 1. The fraction of sp³-hybridized carbons (Fsp3) is 0.462. The maximum Gasteiger partial charge on any atom is 0.270 e. The highest BCUT2D eigenvalue weighted by Crippen LogP contribution is 2.38. The van der Waals surface area contributed by atoms with E-state index in [-0.39, 0.29) is 54.1 Å². The molecule has 8 rings (SSSR count). The van der Waals surface area contributed by atoms with Crippen molar-refractivity contribution in [3.8, 4) is 0 Å². The number of benzene rings is 2. The second-order valence-corrected chi connectivity index (χ2v) is 20.7. The average molecular weight is 941 g/mol. The number of amides is 5. The van der Waals surface area contributed by atoms with Gasteiger partial charge in [-0.3, -0.25) is 39.2 Å². The predicted octanol–water partition coefficient (Wildman–Crippen LogP) is 7.13. The molecule has 1 unspecified atom stereocenters. The van der Waals surface area contributed by atoms with Crippen LogP contribution in [0.1, 0.15) is 129 Å². The minimum Gasteiger partial charge on any atom is -0.355 e. The number of piperidine rings is 2. The summed E-state index contributed by atoms with van der Waals surface area (Å²) in [7, 11) is 0. The highest BCUT2D eigenvalue weighted by atomic mass is 32.2. The molecular formula is C52H64N10O5S. The monoisotopic (exact) mass is 940 g/mol. The van der Waals surface area contributed by atoms with Gasteiger partial charge in [0, 0.05) is 85.4 Å². The van der Waals surface area contributed by atoms with E-state index < -0.39 is 11.9 Å². The van der Waals surface area contributed by atoms with Crippen molar-refractivity contribution >= 4 is 58.4 Å². The van der Waals surface area contributed by atoms with Crippen molar-refractivity contribution < 1.29 is 24.0 Å². The second kappa shape index (κ2) is 21.5. The lowest BCUT2D eigenvalue weighted by molar-refractivity contribution is -0.137. The molecule has 2 fully saturated rings. The molecule has 68 heavy (non-hydrogen) atoms. The van der Waals surface area contributed by atoms with Crippen molar-refractivity contribution in [1.29, 1.82) is 0 Å². The quantitative estimate of drug-likeness (QED) is 0.0583. The molecule has 5 amide bonds. The summed E-state index contributed by atoms with van der Waals surface area (Å²) in [6.07, 6.45) is 17.1. The van der Waals surface area contributed by atoms with Gasteiger partial charge < -0.3 is 26.2 Å². The van der Waals surface area contributed by atoms with Gasteiger partial charge in [-0.05, 0) is 98.2 Å². The Morgan fingerprint density at radius 3 is 2.43 bits per heavy atom. The van der Waals surface area contributed by atoms with E-state index in [1.807, 2.05) is 48.8 Å². The fourth-order valence-corrected chi connectivity index (χ4v) is 10.4. The standard InChI is InChI=1S/C52H64N10O5S/c1-51(2)34-60(23-9-7-5-4-6-8-13-45(63)58-38-11-10-12-39(28-38)68-47-32-55-44(31-56-47)61-25-21-52(3,53)22-26-61)24-20-41(51)36-15-17-42(54-30-36)48(65)57-29-35-14-16-40-37(27-35)33-62(50(40)67)43-18-19-46(64)59-49(43)66/h10-12,14-17,20,27-28,30-32,43H,4-9,13,18-19,21-26,29,33-34,53H2,1-3H3,(H,57,65)(H,58,63)(H,59,64,66). The summed E-state index contributed by atoms with van der Waals surface area (Å²) < 4.78 is 0. The Morgan fingerprint density at radius 2 is 1.69 bits per heavy atom. The topological polar surface area (TPSA) is 196 Å². The molecule has 4 aliphatic heterocycles. The molecule has 2 saturated heterocycles. The first-order valence-corrected chi connectivity index (χ1v) is 24.9. The van der Waals surface area contributed by atoms with E-state index in [4.69, 9.17) is 5.73 Å². The van der Waals surface area contributed by atoms with Gasteiger partial charge >= 0.3 is 0 Å². The van der Waals surface area contributed by atoms with E-state index in [0.29, 0.717) is 24.1 Å². The van der Waals surface area contributed by atoms with Crippen LogP contribution in [0.3, 0.4) is 0 Å². The Kier molecular flexibility index (Phi) is 15.4. The van der Waals surface area contributed by atoms with Crippen LogP contribution in [0.25, 0.3) is 5.57 Å². The van der Waals surface area contributed by atoms with Gasteiger partial charge in [-0.15, -0.1) is 0 Å². The largest absolute Gasteiger partial charge is 0.355 e. The Morgan fingerprint density at radius 1 is 0.897 bits per heavy atom. The van der Waals surface area contributed by atoms with Crippen molar-refractivity contribution in [2.75, 3.05) is 42.9 Å². The Bertz CT molecular complexity index is 2520. The van der Waals surface area contributed by atoms with E-state index in [1.54, 1.807) is 24.4 Å². The van der Waals surface area contributed by atoms with E-state index in [1.165, 1.54) is 22.2 Å². The highest BCUT2D eigenvalue weighted by Gasteiger charge is 2.39. The molecule has 1 atom stereocenters. The molecule has 0 saturated carbocycles. The minimum absolute atomic E-state index is 0.0382. The summed E-state index contributed by atoms with van der Waals surface area (Å²) in [5, 5.41) is 9.15. The first kappa shape index (κ1) is 48.5. The van der Waals surface area contributed by atoms with Crippen molar-refractivity contribution in [2.45, 2.75) is 126 Å². The van der Waals surface area contributed by atoms with Gasteiger partial charge in [0.25, 0.3) is 11.8 Å². The summed E-state index contributed by atoms with van der Waals surface area (Å²) in [5.41, 5.74) is 11.6. The van der Waals surface area contributed by atoms with Crippen molar-refractivity contribution in [2.24, 2.45) is 11.1 Å². The number of imide groups is 1. The molecule has 4 aromatic rings. The lowest BCUT2D eigenvalue weighted by atomic mass is 9.78. The number of nitrogens with one attached hydrogen (secondary N) is 3. The number of rotatable bonds is 18. The normalized spacial score (nSPS) is 19.0. The van der Waals surface area contributed by atoms with Crippen LogP contribution in [0.15, 0.2) is 89.2 Å². The van der Waals surface area contributed by atoms with Crippen LogP contribution in [0, 0.1) is 5.41 Å². The number of hydrogen-bond acceptors (Lipinski definition) is 12. The number of anilines is 2. The zero-order valence-electron chi connectivity index (χ0n) is 39.5. The molecule has 2 aromatic carbocycles. The van der Waals surface area contributed by atoms with Gasteiger partial charge in [-0.2, -0.15) is 0 Å². The van der Waals surface area contributed by atoms with Crippen LogP contribution in [0.4, 0.5) is 11.5 Å². The zero-order chi connectivity index (χ0) is 47.8. The summed E-state index contributed by atoms with van der Waals surface area (Å²) in [5.74, 6) is -0.358. The number of unbranched alkanes of at least 4 members (excludes halogenated alkanes) is 5. The molecule has 6 heterocycles. The molecule has 0 radical (unpaired) electrons. The first-order valence-electron chi connectivity index (χ1n) is 24.1. The fourth-order valence-electron chi connectivity index (χ4n) is 9.66. The van der Waals surface area contributed by atoms with Crippen LogP contribution in [0.2, 0.25) is 0 Å². The van der Waals surface area contributed by atoms with Crippen LogP contribution < -0.4 is 26.6 Å². The van der Waals surface area contributed by atoms with Crippen LogP contribution >= 0.6 is 11.8 Å². The second-order valence-electron chi connectivity index (χ2n) is 19.6. The van der Waals surface area contributed by atoms with Gasteiger partial charge in [-0.25, -0.2) is 9.97 Å². The molecule has 16 heteroatoms. The third-order valence-corrected chi connectivity index (χ3v) is 14.5. The number of carbonyl (C=O) groups is 5. The molecular weight excluding hydrogens is 877 g/mol. The summed E-state index contributed by atoms with van der Waals surface area (Å²) >= 11 is 1.53. The number of aromatic nitrogens is 3. The van der Waals surface area contributed by atoms with E-state index in [2.05, 4.69) is 67.5 Å². The van der Waals surface area contributed by atoms with Crippen molar-refractivity contribution in [3.63, 3.8) is 0 Å². The van der Waals surface area contributed by atoms with E-state index >= 15 is 0 Å². The Hall–Kier alpha value is -5.97. The third kappa shape index (κ3) is 12.4. The SMILES string of the molecule is CC1(N)CCN(c2cnc(Sc3cccc(NC(=O)CCCCCCCCN4CC=C(c5ccc(C(=O)NCc6ccc7c(c6)CN(C6CCC(=O)NC6=O)C7=O)nc5)C(C)(C)C4)c3)cn2)CC1. The maximum atomic E-state index is 13.1. The highest BCUT2D eigenvalue weighted by molar-refractivity contribution is 7.99. The van der Waals surface area contributed by atoms with Gasteiger partial charge in [-0.1, -0.05) is 81.6 Å². The van der Waals surface area contributed by atoms with Crippen LogP contribution in [0.5, 0.6) is 0 Å². The van der Waals surface area contributed by atoms with Gasteiger partial charge in [0.05, 0.1) is 12.4 Å². The van der Waals surface area contributed by atoms with Crippen molar-refractivity contribution in [3.05, 3.63) is 107 Å². The lowest BCUT2D eigenvalue weighted by Gasteiger charge is -2.39. The molecule has 358 valence electrons. The summed E-state index contributed by atoms with van der Waals surface area (Å²) in [4.78, 5) is 84.0. The Labute approximate surface area is 403 Å². The number of nitrogens with two attached hydrogens (primary N) is 1. The van der Waals surface area contributed by atoms with Crippen molar-refractivity contribution in [1.82, 2.24) is 35.4 Å².